The van der Waals surface area contributed by atoms with E-state index in [9.17, 15) is 4.91 Å². The van der Waals surface area contributed by atoms with Gasteiger partial charge in [-0.05, 0) is 17.5 Å². The molecule has 0 aliphatic carbocycles. The number of hydrogen-bond acceptors (Lipinski definition) is 2. The molecular weight excluding hydrogens is 146 g/mol. The van der Waals surface area contributed by atoms with Crippen molar-refractivity contribution < 1.29 is 4.76 Å². The van der Waals surface area contributed by atoms with Crippen LogP contribution in [0.25, 0.3) is 6.08 Å². The van der Waals surface area contributed by atoms with E-state index < -0.39 is 0 Å². The molecule has 0 fully saturated rings. The normalized spacial score (nSPS) is 15.4. The Hall–Kier alpha value is -0.960. The highest BCUT2D eigenvalue weighted by atomic mass is 32.1. The largest absolute Gasteiger partial charge is 0.274 e. The van der Waals surface area contributed by atoms with E-state index in [1.54, 1.807) is 11.3 Å². The van der Waals surface area contributed by atoms with Crippen LogP contribution in [0.4, 0.5) is 5.69 Å². The van der Waals surface area contributed by atoms with Crippen LogP contribution in [0.2, 0.25) is 0 Å². The van der Waals surface area contributed by atoms with Gasteiger partial charge in [-0.25, -0.2) is 0 Å². The molecule has 0 atom stereocenters. The van der Waals surface area contributed by atoms with Crippen molar-refractivity contribution in [2.45, 2.75) is 0 Å². The molecule has 0 N–H and O–H groups in total. The average molecular weight is 152 g/mol. The van der Waals surface area contributed by atoms with Gasteiger partial charge < -0.3 is 0 Å². The monoisotopic (exact) mass is 152 g/mol. The molecule has 0 spiro atoms. The number of nitrogens with zero attached hydrogens (tertiary/aromatic N) is 1. The summed E-state index contributed by atoms with van der Waals surface area (Å²) in [5.74, 6) is 0. The van der Waals surface area contributed by atoms with Gasteiger partial charge in [-0.2, -0.15) is 0 Å². The van der Waals surface area contributed by atoms with Crippen molar-refractivity contribution in [2.75, 3.05) is 6.54 Å². The lowest BCUT2D eigenvalue weighted by molar-refractivity contribution is -0.452. The predicted molar refractivity (Wildman–Crippen MR) is 41.5 cm³/mol. The van der Waals surface area contributed by atoms with Crippen molar-refractivity contribution in [1.29, 1.82) is 0 Å². The van der Waals surface area contributed by atoms with E-state index in [1.807, 2.05) is 23.6 Å². The molecule has 1 aliphatic rings. The number of fused-ring (bicyclic) bond motifs is 1. The molecule has 2 rings (SSSR count). The lowest BCUT2D eigenvalue weighted by Gasteiger charge is -1.93. The minimum Gasteiger partial charge on any atom is -0.137 e. The Labute approximate surface area is 62.4 Å². The number of rotatable bonds is 0. The fraction of sp³-hybridized carbons (Fsp3) is 0.143. The maximum Gasteiger partial charge on any atom is 0.274 e. The highest BCUT2D eigenvalue weighted by molar-refractivity contribution is 7.11. The van der Waals surface area contributed by atoms with E-state index in [-0.39, 0.29) is 0 Å². The maximum absolute atomic E-state index is 11.0. The maximum atomic E-state index is 11.0. The average Bonchev–Trinajstić information content (AvgIpc) is 2.36. The van der Waals surface area contributed by atoms with Crippen LogP contribution < -0.4 is 0 Å². The van der Waals surface area contributed by atoms with Crippen molar-refractivity contribution in [3.05, 3.63) is 27.3 Å². The second-order valence-corrected chi connectivity index (χ2v) is 3.08. The molecule has 0 radical (unpaired) electrons. The van der Waals surface area contributed by atoms with Gasteiger partial charge in [-0.15, -0.1) is 11.3 Å². The number of thiophene rings is 1. The van der Waals surface area contributed by atoms with Crippen molar-refractivity contribution in [2.24, 2.45) is 0 Å². The van der Waals surface area contributed by atoms with Gasteiger partial charge in [0, 0.05) is 15.7 Å². The summed E-state index contributed by atoms with van der Waals surface area (Å²) >= 11 is 1.60. The summed E-state index contributed by atoms with van der Waals surface area (Å²) in [5, 5.41) is 1.94. The Bertz CT molecular complexity index is 300. The van der Waals surface area contributed by atoms with Gasteiger partial charge in [-0.3, -0.25) is 0 Å². The summed E-state index contributed by atoms with van der Waals surface area (Å²) in [6, 6.07) is 1.86. The Morgan fingerprint density at radius 2 is 2.50 bits per heavy atom. The van der Waals surface area contributed by atoms with Gasteiger partial charge >= 0.3 is 0 Å². The van der Waals surface area contributed by atoms with Crippen LogP contribution in [0.3, 0.4) is 0 Å². The van der Waals surface area contributed by atoms with Crippen molar-refractivity contribution >= 4 is 23.1 Å². The van der Waals surface area contributed by atoms with E-state index in [1.165, 1.54) is 0 Å². The summed E-state index contributed by atoms with van der Waals surface area (Å²) in [6.45, 7) is 0.490. The van der Waals surface area contributed by atoms with Gasteiger partial charge in [-0.1, -0.05) is 0 Å². The standard InChI is InChI=1S/C7H6NOS/c9-8-4-1-2-7-6(8)3-5-10-7/h1-3,5H,4H2/q+1. The molecule has 3 heteroatoms. The first-order valence-electron chi connectivity index (χ1n) is 3.06. The SMILES string of the molecule is O=[N+]1CC=Cc2sccc21. The molecule has 0 saturated heterocycles. The van der Waals surface area contributed by atoms with Crippen molar-refractivity contribution in [1.82, 2.24) is 0 Å². The summed E-state index contributed by atoms with van der Waals surface area (Å²) < 4.78 is 1.01. The fourth-order valence-electron chi connectivity index (χ4n) is 0.999. The van der Waals surface area contributed by atoms with Gasteiger partial charge in [0.25, 0.3) is 5.69 Å². The highest BCUT2D eigenvalue weighted by Gasteiger charge is 2.20. The van der Waals surface area contributed by atoms with Gasteiger partial charge in [0.05, 0.1) is 0 Å². The molecule has 0 aromatic carbocycles. The minimum absolute atomic E-state index is 0.490. The van der Waals surface area contributed by atoms with Gasteiger partial charge in [0.1, 0.15) is 4.88 Å². The fourth-order valence-corrected chi connectivity index (χ4v) is 1.81. The van der Waals surface area contributed by atoms with E-state index in [2.05, 4.69) is 0 Å². The van der Waals surface area contributed by atoms with Crippen LogP contribution in [-0.4, -0.2) is 11.3 Å². The zero-order chi connectivity index (χ0) is 6.97. The first kappa shape index (κ1) is 5.80. The molecule has 2 nitrogen and oxygen atoms in total. The molecule has 1 aromatic heterocycles. The zero-order valence-corrected chi connectivity index (χ0v) is 6.10. The van der Waals surface area contributed by atoms with E-state index in [0.717, 1.165) is 15.3 Å². The van der Waals surface area contributed by atoms with Crippen molar-refractivity contribution in [3.63, 3.8) is 0 Å². The zero-order valence-electron chi connectivity index (χ0n) is 5.28. The van der Waals surface area contributed by atoms with Crippen LogP contribution >= 0.6 is 11.3 Å². The summed E-state index contributed by atoms with van der Waals surface area (Å²) in [5.41, 5.74) is 0.813. The third-order valence-corrected chi connectivity index (χ3v) is 2.35. The molecule has 1 aliphatic heterocycles. The number of hydrogen-bond donors (Lipinski definition) is 0. The molecule has 0 saturated carbocycles. The number of nitroso groups, excluding NO2 is 1. The third-order valence-electron chi connectivity index (χ3n) is 1.48. The summed E-state index contributed by atoms with van der Waals surface area (Å²) in [6.07, 6.45) is 3.88. The minimum atomic E-state index is 0.490. The first-order valence-corrected chi connectivity index (χ1v) is 3.94. The smallest absolute Gasteiger partial charge is 0.137 e. The molecule has 2 heterocycles. The summed E-state index contributed by atoms with van der Waals surface area (Å²) in [7, 11) is 0. The molecule has 10 heavy (non-hydrogen) atoms. The van der Waals surface area contributed by atoms with Crippen LogP contribution in [0, 0.1) is 4.91 Å². The lowest BCUT2D eigenvalue weighted by atomic mass is 10.3. The van der Waals surface area contributed by atoms with Gasteiger partial charge in [0.2, 0.25) is 6.54 Å². The molecule has 0 bridgehead atoms. The Balaban J connectivity index is 2.62. The Morgan fingerprint density at radius 3 is 3.30 bits per heavy atom. The molecule has 50 valence electrons. The van der Waals surface area contributed by atoms with Crippen LogP contribution in [0.15, 0.2) is 17.5 Å². The van der Waals surface area contributed by atoms with E-state index in [4.69, 9.17) is 0 Å². The predicted octanol–water partition coefficient (Wildman–Crippen LogP) is 2.19. The van der Waals surface area contributed by atoms with E-state index in [0.29, 0.717) is 6.54 Å². The second-order valence-electron chi connectivity index (χ2n) is 2.13. The van der Waals surface area contributed by atoms with Crippen LogP contribution in [0.5, 0.6) is 0 Å². The molecule has 0 unspecified atom stereocenters. The Morgan fingerprint density at radius 1 is 1.60 bits per heavy atom. The highest BCUT2D eigenvalue weighted by Crippen LogP contribution is 2.28. The molecular formula is C7H6NOS+. The van der Waals surface area contributed by atoms with Gasteiger partial charge in [0.15, 0.2) is 0 Å². The summed E-state index contributed by atoms with van der Waals surface area (Å²) in [4.78, 5) is 12.1. The third kappa shape index (κ3) is 0.708. The second kappa shape index (κ2) is 2.02. The lowest BCUT2D eigenvalue weighted by Crippen LogP contribution is -2.03. The van der Waals surface area contributed by atoms with E-state index >= 15 is 0 Å². The Kier molecular flexibility index (Phi) is 1.17. The van der Waals surface area contributed by atoms with Crippen LogP contribution in [0.1, 0.15) is 4.88 Å². The van der Waals surface area contributed by atoms with Crippen molar-refractivity contribution in [3.8, 4) is 0 Å². The topological polar surface area (TPSA) is 20.1 Å². The first-order chi connectivity index (χ1) is 4.88. The molecule has 1 aromatic rings. The molecule has 0 amide bonds. The van der Waals surface area contributed by atoms with Crippen LogP contribution in [-0.2, 0) is 0 Å². The quantitative estimate of drug-likeness (QED) is 0.522.